The first-order valence-corrected chi connectivity index (χ1v) is 16.1. The Kier molecular flexibility index (Phi) is 10.3. The third-order valence-corrected chi connectivity index (χ3v) is 9.53. The molecule has 2 aromatic carbocycles. The molecule has 1 aromatic heterocycles. The first-order chi connectivity index (χ1) is 21.1. The zero-order chi connectivity index (χ0) is 31.3. The van der Waals surface area contributed by atoms with Gasteiger partial charge in [-0.1, -0.05) is 50.2 Å². The molecule has 2 aliphatic rings. The SMILES string of the molecule is CC(C)C(CC(=O)N1CCC(O)(Cn2cnc3cc(CC(=O)CCN4CCN(C)CC4)ccc3c2=O)CC1)c1ccccc1. The van der Waals surface area contributed by atoms with Crippen molar-refractivity contribution >= 4 is 22.6 Å². The molecule has 9 nitrogen and oxygen atoms in total. The molecule has 1 N–H and O–H groups in total. The minimum absolute atomic E-state index is 0.104. The maximum atomic E-state index is 13.3. The first-order valence-electron chi connectivity index (χ1n) is 16.1. The van der Waals surface area contributed by atoms with Crippen molar-refractivity contribution < 1.29 is 14.7 Å². The second-order valence-electron chi connectivity index (χ2n) is 13.2. The molecule has 9 heteroatoms. The van der Waals surface area contributed by atoms with Crippen LogP contribution in [0.25, 0.3) is 10.9 Å². The lowest BCUT2D eigenvalue weighted by Crippen LogP contribution is -2.50. The fourth-order valence-electron chi connectivity index (χ4n) is 6.50. The van der Waals surface area contributed by atoms with Gasteiger partial charge < -0.3 is 19.8 Å². The highest BCUT2D eigenvalue weighted by molar-refractivity contribution is 5.84. The molecule has 5 rings (SSSR count). The molecule has 44 heavy (non-hydrogen) atoms. The summed E-state index contributed by atoms with van der Waals surface area (Å²) in [5.74, 6) is 0.766. The van der Waals surface area contributed by atoms with E-state index in [4.69, 9.17) is 0 Å². The van der Waals surface area contributed by atoms with E-state index in [-0.39, 0.29) is 29.7 Å². The quantitative estimate of drug-likeness (QED) is 0.360. The molecule has 0 bridgehead atoms. The molecule has 1 amide bonds. The van der Waals surface area contributed by atoms with Gasteiger partial charge in [-0.15, -0.1) is 0 Å². The molecule has 2 fully saturated rings. The number of nitrogens with zero attached hydrogens (tertiary/aromatic N) is 5. The van der Waals surface area contributed by atoms with Crippen molar-refractivity contribution in [3.8, 4) is 0 Å². The number of hydrogen-bond donors (Lipinski definition) is 1. The molecule has 3 heterocycles. The van der Waals surface area contributed by atoms with Crippen LogP contribution >= 0.6 is 0 Å². The van der Waals surface area contributed by atoms with Gasteiger partial charge in [0, 0.05) is 65.1 Å². The number of piperidine rings is 1. The van der Waals surface area contributed by atoms with E-state index in [0.29, 0.717) is 62.0 Å². The highest BCUT2D eigenvalue weighted by Crippen LogP contribution is 2.30. The second-order valence-corrected chi connectivity index (χ2v) is 13.2. The second kappa shape index (κ2) is 14.1. The molecule has 2 saturated heterocycles. The first kappa shape index (κ1) is 32.0. The molecular formula is C35H47N5O4. The van der Waals surface area contributed by atoms with Gasteiger partial charge in [-0.2, -0.15) is 0 Å². The summed E-state index contributed by atoms with van der Waals surface area (Å²) < 4.78 is 1.48. The average molecular weight is 602 g/mol. The number of piperazine rings is 1. The Morgan fingerprint density at radius 3 is 2.36 bits per heavy atom. The van der Waals surface area contributed by atoms with Gasteiger partial charge in [0.25, 0.3) is 5.56 Å². The number of aliphatic hydroxyl groups is 1. The Labute approximate surface area is 260 Å². The fraction of sp³-hybridized carbons (Fsp3) is 0.543. The normalized spacial score (nSPS) is 18.5. The lowest BCUT2D eigenvalue weighted by atomic mass is 9.84. The largest absolute Gasteiger partial charge is 0.388 e. The zero-order valence-corrected chi connectivity index (χ0v) is 26.5. The van der Waals surface area contributed by atoms with Gasteiger partial charge in [0.05, 0.1) is 29.4 Å². The lowest BCUT2D eigenvalue weighted by Gasteiger charge is -2.39. The molecule has 2 aliphatic heterocycles. The van der Waals surface area contributed by atoms with Crippen molar-refractivity contribution in [2.45, 2.75) is 64.0 Å². The van der Waals surface area contributed by atoms with E-state index in [9.17, 15) is 19.5 Å². The van der Waals surface area contributed by atoms with Crippen LogP contribution in [0.15, 0.2) is 59.7 Å². The number of fused-ring (bicyclic) bond motifs is 1. The van der Waals surface area contributed by atoms with Gasteiger partial charge in [-0.25, -0.2) is 4.98 Å². The molecule has 1 unspecified atom stereocenters. The molecule has 0 spiro atoms. The van der Waals surface area contributed by atoms with Crippen molar-refractivity contribution in [3.05, 3.63) is 76.3 Å². The number of Topliss-reactive ketones (excluding diaryl/α,β-unsaturated/α-hetero) is 1. The maximum absolute atomic E-state index is 13.3. The summed E-state index contributed by atoms with van der Waals surface area (Å²) >= 11 is 0. The number of rotatable bonds is 11. The van der Waals surface area contributed by atoms with E-state index in [2.05, 4.69) is 47.8 Å². The number of aromatic nitrogens is 2. The van der Waals surface area contributed by atoms with Crippen LogP contribution in [0.5, 0.6) is 0 Å². The molecule has 0 saturated carbocycles. The summed E-state index contributed by atoms with van der Waals surface area (Å²) in [5.41, 5.74) is 1.28. The van der Waals surface area contributed by atoms with Gasteiger partial charge in [0.15, 0.2) is 0 Å². The van der Waals surface area contributed by atoms with Crippen molar-refractivity contribution in [1.82, 2.24) is 24.3 Å². The van der Waals surface area contributed by atoms with E-state index in [1.165, 1.54) is 16.5 Å². The van der Waals surface area contributed by atoms with E-state index >= 15 is 0 Å². The smallest absolute Gasteiger partial charge is 0.261 e. The van der Waals surface area contributed by atoms with Crippen LogP contribution in [-0.4, -0.2) is 99.5 Å². The number of amides is 1. The van der Waals surface area contributed by atoms with Gasteiger partial charge in [-0.05, 0) is 55.0 Å². The third-order valence-electron chi connectivity index (χ3n) is 9.53. The van der Waals surface area contributed by atoms with E-state index in [0.717, 1.165) is 38.3 Å². The van der Waals surface area contributed by atoms with Crippen LogP contribution in [0, 0.1) is 5.92 Å². The van der Waals surface area contributed by atoms with E-state index in [1.54, 1.807) is 6.07 Å². The Morgan fingerprint density at radius 2 is 1.68 bits per heavy atom. The highest BCUT2D eigenvalue weighted by atomic mass is 16.3. The van der Waals surface area contributed by atoms with Crippen LogP contribution in [0.1, 0.15) is 56.6 Å². The number of likely N-dealkylation sites (N-methyl/N-ethyl adjacent to an activating group) is 1. The third kappa shape index (κ3) is 8.00. The maximum Gasteiger partial charge on any atom is 0.261 e. The average Bonchev–Trinajstić information content (AvgIpc) is 3.01. The van der Waals surface area contributed by atoms with E-state index in [1.807, 2.05) is 35.2 Å². The van der Waals surface area contributed by atoms with Gasteiger partial charge in [0.2, 0.25) is 5.91 Å². The number of carbonyl (C=O) groups excluding carboxylic acids is 2. The van der Waals surface area contributed by atoms with Crippen LogP contribution in [0.4, 0.5) is 0 Å². The Morgan fingerprint density at radius 1 is 0.977 bits per heavy atom. The van der Waals surface area contributed by atoms with Crippen LogP contribution in [0.3, 0.4) is 0 Å². The summed E-state index contributed by atoms with van der Waals surface area (Å²) in [6, 6.07) is 15.6. The van der Waals surface area contributed by atoms with Crippen molar-refractivity contribution in [2.24, 2.45) is 5.92 Å². The number of benzene rings is 2. The molecule has 3 aromatic rings. The molecule has 1 atom stereocenters. The topological polar surface area (TPSA) is 99.0 Å². The Bertz CT molecular complexity index is 1490. The monoisotopic (exact) mass is 601 g/mol. The van der Waals surface area contributed by atoms with Gasteiger partial charge in [-0.3, -0.25) is 19.0 Å². The molecular weight excluding hydrogens is 554 g/mol. The number of ketones is 1. The lowest BCUT2D eigenvalue weighted by molar-refractivity contribution is -0.136. The summed E-state index contributed by atoms with van der Waals surface area (Å²) in [4.78, 5) is 50.2. The number of hydrogen-bond acceptors (Lipinski definition) is 7. The summed E-state index contributed by atoms with van der Waals surface area (Å²) in [6.07, 6.45) is 3.58. The Hall–Kier alpha value is -3.40. The number of carbonyl (C=O) groups is 2. The summed E-state index contributed by atoms with van der Waals surface area (Å²) in [7, 11) is 2.12. The molecule has 0 aliphatic carbocycles. The van der Waals surface area contributed by atoms with Gasteiger partial charge >= 0.3 is 0 Å². The molecule has 0 radical (unpaired) electrons. The predicted molar refractivity (Wildman–Crippen MR) is 173 cm³/mol. The van der Waals surface area contributed by atoms with Crippen LogP contribution in [-0.2, 0) is 22.6 Å². The van der Waals surface area contributed by atoms with Crippen molar-refractivity contribution in [1.29, 1.82) is 0 Å². The van der Waals surface area contributed by atoms with Gasteiger partial charge in [0.1, 0.15) is 5.78 Å². The van der Waals surface area contributed by atoms with Crippen molar-refractivity contribution in [3.63, 3.8) is 0 Å². The minimum atomic E-state index is -1.09. The Balaban J connectivity index is 1.15. The zero-order valence-electron chi connectivity index (χ0n) is 26.5. The predicted octanol–water partition coefficient (Wildman–Crippen LogP) is 3.33. The standard InChI is InChI=1S/C35H47N5O4/c1-26(2)31(28-7-5-4-6-8-28)23-33(42)39-15-12-35(44,13-16-39)24-40-25-36-32-22-27(9-10-30(32)34(40)43)21-29(41)11-14-38-19-17-37(3)18-20-38/h4-10,22,25-26,31,44H,11-21,23-24H2,1-3H3. The highest BCUT2D eigenvalue weighted by Gasteiger charge is 2.35. The minimum Gasteiger partial charge on any atom is -0.388 e. The van der Waals surface area contributed by atoms with Crippen LogP contribution < -0.4 is 5.56 Å². The summed E-state index contributed by atoms with van der Waals surface area (Å²) in [5, 5.41) is 11.9. The molecule has 236 valence electrons. The number of likely N-dealkylation sites (tertiary alicyclic amines) is 1. The van der Waals surface area contributed by atoms with E-state index < -0.39 is 5.60 Å². The van der Waals surface area contributed by atoms with Crippen molar-refractivity contribution in [2.75, 3.05) is 52.9 Å². The van der Waals surface area contributed by atoms with Crippen LogP contribution in [0.2, 0.25) is 0 Å². The fourth-order valence-corrected chi connectivity index (χ4v) is 6.50. The summed E-state index contributed by atoms with van der Waals surface area (Å²) in [6.45, 7) is 10.2.